The van der Waals surface area contributed by atoms with Gasteiger partial charge in [0.2, 0.25) is 0 Å². The zero-order valence-corrected chi connectivity index (χ0v) is 8.20. The summed E-state index contributed by atoms with van der Waals surface area (Å²) in [5.74, 6) is 0.953. The molecule has 0 aliphatic heterocycles. The Bertz CT molecular complexity index is 297. The third kappa shape index (κ3) is 2.64. The molecule has 1 aromatic carbocycles. The Morgan fingerprint density at radius 3 is 3.00 bits per heavy atom. The van der Waals surface area contributed by atoms with Crippen LogP contribution in [0.5, 0.6) is 5.75 Å². The molecule has 2 rings (SSSR count). The monoisotopic (exact) mass is 192 g/mol. The molecule has 1 saturated carbocycles. The number of hydrogen-bond donors (Lipinski definition) is 2. The summed E-state index contributed by atoms with van der Waals surface area (Å²) in [4.78, 5) is 0. The maximum Gasteiger partial charge on any atom is 0.121 e. The van der Waals surface area contributed by atoms with Crippen LogP contribution in [0.4, 0.5) is 5.69 Å². The molecule has 0 unspecified atom stereocenters. The van der Waals surface area contributed by atoms with Gasteiger partial charge < -0.3 is 15.8 Å². The standard InChI is InChI=1S/C11H16N2O/c12-6-7-13-9-2-1-3-11(8-9)14-10-4-5-10/h1-3,8,10,13H,4-7,12H2. The van der Waals surface area contributed by atoms with Crippen LogP contribution in [-0.2, 0) is 0 Å². The lowest BCUT2D eigenvalue weighted by atomic mass is 10.3. The van der Waals surface area contributed by atoms with E-state index in [-0.39, 0.29) is 0 Å². The number of benzene rings is 1. The summed E-state index contributed by atoms with van der Waals surface area (Å²) in [7, 11) is 0. The van der Waals surface area contributed by atoms with Crippen LogP contribution in [0.3, 0.4) is 0 Å². The molecule has 1 aliphatic carbocycles. The van der Waals surface area contributed by atoms with Crippen LogP contribution in [0.15, 0.2) is 24.3 Å². The highest BCUT2D eigenvalue weighted by Gasteiger charge is 2.23. The molecule has 0 radical (unpaired) electrons. The van der Waals surface area contributed by atoms with Gasteiger partial charge in [-0.2, -0.15) is 0 Å². The fourth-order valence-electron chi connectivity index (χ4n) is 1.27. The predicted octanol–water partition coefficient (Wildman–Crippen LogP) is 1.60. The second-order valence-corrected chi connectivity index (χ2v) is 3.56. The first-order valence-electron chi connectivity index (χ1n) is 5.09. The topological polar surface area (TPSA) is 47.3 Å². The molecular weight excluding hydrogens is 176 g/mol. The molecule has 0 bridgehead atoms. The lowest BCUT2D eigenvalue weighted by Gasteiger charge is -2.08. The molecule has 0 heterocycles. The van der Waals surface area contributed by atoms with E-state index in [4.69, 9.17) is 10.5 Å². The summed E-state index contributed by atoms with van der Waals surface area (Å²) >= 11 is 0. The smallest absolute Gasteiger partial charge is 0.121 e. The van der Waals surface area contributed by atoms with Crippen LogP contribution in [-0.4, -0.2) is 19.2 Å². The Hall–Kier alpha value is -1.22. The fraction of sp³-hybridized carbons (Fsp3) is 0.455. The second-order valence-electron chi connectivity index (χ2n) is 3.56. The van der Waals surface area contributed by atoms with Crippen molar-refractivity contribution in [2.75, 3.05) is 18.4 Å². The molecule has 0 saturated heterocycles. The molecule has 1 aromatic rings. The first-order valence-corrected chi connectivity index (χ1v) is 5.09. The third-order valence-corrected chi connectivity index (χ3v) is 2.13. The molecule has 1 aliphatic rings. The van der Waals surface area contributed by atoms with E-state index in [1.807, 2.05) is 24.3 Å². The summed E-state index contributed by atoms with van der Waals surface area (Å²) in [5, 5.41) is 3.22. The van der Waals surface area contributed by atoms with Gasteiger partial charge in [0, 0.05) is 24.8 Å². The van der Waals surface area contributed by atoms with Crippen LogP contribution in [0.2, 0.25) is 0 Å². The normalized spacial score (nSPS) is 15.2. The maximum atomic E-state index is 5.67. The van der Waals surface area contributed by atoms with Crippen LogP contribution in [0, 0.1) is 0 Å². The Kier molecular flexibility index (Phi) is 2.89. The van der Waals surface area contributed by atoms with Gasteiger partial charge in [0.25, 0.3) is 0 Å². The van der Waals surface area contributed by atoms with Crippen LogP contribution in [0.1, 0.15) is 12.8 Å². The summed E-state index contributed by atoms with van der Waals surface area (Å²) in [5.41, 5.74) is 6.49. The summed E-state index contributed by atoms with van der Waals surface area (Å²) < 4.78 is 5.67. The highest BCUT2D eigenvalue weighted by atomic mass is 16.5. The van der Waals surface area contributed by atoms with Gasteiger partial charge in [0.05, 0.1) is 6.10 Å². The van der Waals surface area contributed by atoms with Crippen molar-refractivity contribution in [1.29, 1.82) is 0 Å². The second kappa shape index (κ2) is 4.33. The third-order valence-electron chi connectivity index (χ3n) is 2.13. The minimum atomic E-state index is 0.458. The van der Waals surface area contributed by atoms with Crippen molar-refractivity contribution in [3.8, 4) is 5.75 Å². The van der Waals surface area contributed by atoms with E-state index in [1.54, 1.807) is 0 Å². The molecule has 3 nitrogen and oxygen atoms in total. The highest BCUT2D eigenvalue weighted by molar-refractivity contribution is 5.48. The molecular formula is C11H16N2O. The van der Waals surface area contributed by atoms with Crippen molar-refractivity contribution in [1.82, 2.24) is 0 Å². The average Bonchev–Trinajstić information content (AvgIpc) is 2.99. The minimum absolute atomic E-state index is 0.458. The predicted molar refractivity (Wildman–Crippen MR) is 57.6 cm³/mol. The average molecular weight is 192 g/mol. The van der Waals surface area contributed by atoms with Crippen molar-refractivity contribution in [3.63, 3.8) is 0 Å². The lowest BCUT2D eigenvalue weighted by Crippen LogP contribution is -2.13. The summed E-state index contributed by atoms with van der Waals surface area (Å²) in [6.45, 7) is 1.45. The van der Waals surface area contributed by atoms with Gasteiger partial charge in [-0.1, -0.05) is 6.07 Å². The van der Waals surface area contributed by atoms with E-state index in [0.717, 1.165) is 18.0 Å². The number of ether oxygens (including phenoxy) is 1. The first-order chi connectivity index (χ1) is 6.88. The van der Waals surface area contributed by atoms with E-state index in [2.05, 4.69) is 5.32 Å². The fourth-order valence-corrected chi connectivity index (χ4v) is 1.27. The van der Waals surface area contributed by atoms with Crippen molar-refractivity contribution in [2.24, 2.45) is 5.73 Å². The molecule has 0 amide bonds. The largest absolute Gasteiger partial charge is 0.490 e. The van der Waals surface area contributed by atoms with Crippen LogP contribution < -0.4 is 15.8 Å². The van der Waals surface area contributed by atoms with E-state index < -0.39 is 0 Å². The van der Waals surface area contributed by atoms with Gasteiger partial charge in [0.1, 0.15) is 5.75 Å². The van der Waals surface area contributed by atoms with Gasteiger partial charge in [-0.25, -0.2) is 0 Å². The number of anilines is 1. The van der Waals surface area contributed by atoms with Gasteiger partial charge in [-0.3, -0.25) is 0 Å². The zero-order valence-electron chi connectivity index (χ0n) is 8.20. The van der Waals surface area contributed by atoms with Crippen molar-refractivity contribution in [2.45, 2.75) is 18.9 Å². The molecule has 1 fully saturated rings. The highest BCUT2D eigenvalue weighted by Crippen LogP contribution is 2.27. The molecule has 0 spiro atoms. The zero-order chi connectivity index (χ0) is 9.80. The molecule has 3 heteroatoms. The Morgan fingerprint density at radius 1 is 1.43 bits per heavy atom. The van der Waals surface area contributed by atoms with Crippen LogP contribution >= 0.6 is 0 Å². The van der Waals surface area contributed by atoms with Crippen LogP contribution in [0.25, 0.3) is 0 Å². The van der Waals surface area contributed by atoms with Crippen molar-refractivity contribution in [3.05, 3.63) is 24.3 Å². The van der Waals surface area contributed by atoms with E-state index in [0.29, 0.717) is 12.6 Å². The first kappa shape index (κ1) is 9.34. The van der Waals surface area contributed by atoms with E-state index >= 15 is 0 Å². The Labute approximate surface area is 84.3 Å². The quantitative estimate of drug-likeness (QED) is 0.745. The maximum absolute atomic E-state index is 5.67. The molecule has 0 aromatic heterocycles. The summed E-state index contributed by atoms with van der Waals surface area (Å²) in [6.07, 6.45) is 2.85. The van der Waals surface area contributed by atoms with Gasteiger partial charge in [0.15, 0.2) is 0 Å². The number of rotatable bonds is 5. The lowest BCUT2D eigenvalue weighted by molar-refractivity contribution is 0.303. The van der Waals surface area contributed by atoms with Crippen molar-refractivity contribution >= 4 is 5.69 Å². The van der Waals surface area contributed by atoms with Gasteiger partial charge in [-0.15, -0.1) is 0 Å². The number of hydrogen-bond acceptors (Lipinski definition) is 3. The Morgan fingerprint density at radius 2 is 2.29 bits per heavy atom. The Balaban J connectivity index is 1.94. The summed E-state index contributed by atoms with van der Waals surface area (Å²) in [6, 6.07) is 8.03. The van der Waals surface area contributed by atoms with E-state index in [9.17, 15) is 0 Å². The van der Waals surface area contributed by atoms with Gasteiger partial charge >= 0.3 is 0 Å². The molecule has 76 valence electrons. The molecule has 0 atom stereocenters. The number of nitrogens with two attached hydrogens (primary N) is 1. The van der Waals surface area contributed by atoms with Gasteiger partial charge in [-0.05, 0) is 25.0 Å². The van der Waals surface area contributed by atoms with Crippen molar-refractivity contribution < 1.29 is 4.74 Å². The number of nitrogens with one attached hydrogen (secondary N) is 1. The minimum Gasteiger partial charge on any atom is -0.490 e. The van der Waals surface area contributed by atoms with E-state index in [1.165, 1.54) is 12.8 Å². The SMILES string of the molecule is NCCNc1cccc(OC2CC2)c1. The molecule has 14 heavy (non-hydrogen) atoms. The molecule has 3 N–H and O–H groups in total.